The zero-order valence-electron chi connectivity index (χ0n) is 12.1. The highest BCUT2D eigenvalue weighted by molar-refractivity contribution is 5.35. The van der Waals surface area contributed by atoms with Gasteiger partial charge in [0.2, 0.25) is 0 Å². The van der Waals surface area contributed by atoms with Gasteiger partial charge in [0, 0.05) is 19.1 Å². The van der Waals surface area contributed by atoms with E-state index in [1.54, 1.807) is 6.07 Å². The Morgan fingerprint density at radius 3 is 3.05 bits per heavy atom. The first kappa shape index (κ1) is 15.3. The lowest BCUT2D eigenvalue weighted by Gasteiger charge is -2.16. The fourth-order valence-electron chi connectivity index (χ4n) is 2.47. The predicted molar refractivity (Wildman–Crippen MR) is 77.5 cm³/mol. The average Bonchev–Trinajstić information content (AvgIpc) is 2.95. The van der Waals surface area contributed by atoms with E-state index in [0.717, 1.165) is 37.9 Å². The highest BCUT2D eigenvalue weighted by Crippen LogP contribution is 2.25. The summed E-state index contributed by atoms with van der Waals surface area (Å²) in [6, 6.07) is 5.07. The fraction of sp³-hybridized carbons (Fsp3) is 0.625. The van der Waals surface area contributed by atoms with Crippen LogP contribution in [0.15, 0.2) is 18.2 Å². The normalized spacial score (nSPS) is 20.1. The minimum Gasteiger partial charge on any atom is -0.490 e. The lowest BCUT2D eigenvalue weighted by molar-refractivity contribution is 0.0895. The lowest BCUT2D eigenvalue weighted by Crippen LogP contribution is -2.22. The van der Waals surface area contributed by atoms with Crippen molar-refractivity contribution in [2.24, 2.45) is 5.73 Å². The Morgan fingerprint density at radius 1 is 1.50 bits per heavy atom. The molecule has 0 spiro atoms. The van der Waals surface area contributed by atoms with Gasteiger partial charge >= 0.3 is 0 Å². The molecule has 2 N–H and O–H groups in total. The molecule has 1 heterocycles. The Kier molecular flexibility index (Phi) is 5.80. The van der Waals surface area contributed by atoms with Crippen molar-refractivity contribution in [3.63, 3.8) is 0 Å². The van der Waals surface area contributed by atoms with Crippen molar-refractivity contribution >= 4 is 0 Å². The molecule has 20 heavy (non-hydrogen) atoms. The molecular formula is C16H24FNO2. The molecule has 2 atom stereocenters. The van der Waals surface area contributed by atoms with Crippen molar-refractivity contribution in [1.82, 2.24) is 0 Å². The van der Waals surface area contributed by atoms with Crippen LogP contribution >= 0.6 is 0 Å². The highest BCUT2D eigenvalue weighted by atomic mass is 19.1. The lowest BCUT2D eigenvalue weighted by atomic mass is 10.0. The first-order valence-corrected chi connectivity index (χ1v) is 7.48. The Bertz CT molecular complexity index is 419. The summed E-state index contributed by atoms with van der Waals surface area (Å²) in [5.41, 5.74) is 6.81. The Morgan fingerprint density at radius 2 is 2.35 bits per heavy atom. The summed E-state index contributed by atoms with van der Waals surface area (Å²) in [7, 11) is 0. The number of rotatable bonds is 7. The largest absolute Gasteiger partial charge is 0.490 e. The summed E-state index contributed by atoms with van der Waals surface area (Å²) in [6.45, 7) is 3.35. The van der Waals surface area contributed by atoms with Crippen LogP contribution in [0.25, 0.3) is 0 Å². The first-order chi connectivity index (χ1) is 9.70. The van der Waals surface area contributed by atoms with E-state index in [4.69, 9.17) is 15.2 Å². The topological polar surface area (TPSA) is 44.5 Å². The Hall–Kier alpha value is -1.13. The second-order valence-corrected chi connectivity index (χ2v) is 5.37. The van der Waals surface area contributed by atoms with Gasteiger partial charge in [-0.05, 0) is 37.3 Å². The number of hydrogen-bond donors (Lipinski definition) is 1. The molecule has 1 aromatic carbocycles. The maximum absolute atomic E-state index is 13.9. The summed E-state index contributed by atoms with van der Waals surface area (Å²) < 4.78 is 25.1. The van der Waals surface area contributed by atoms with Crippen LogP contribution in [0.2, 0.25) is 0 Å². The van der Waals surface area contributed by atoms with Crippen molar-refractivity contribution < 1.29 is 13.9 Å². The van der Waals surface area contributed by atoms with Gasteiger partial charge in [-0.2, -0.15) is 0 Å². The smallest absolute Gasteiger partial charge is 0.165 e. The van der Waals surface area contributed by atoms with Crippen LogP contribution in [-0.2, 0) is 11.2 Å². The molecule has 0 aromatic heterocycles. The molecule has 0 bridgehead atoms. The summed E-state index contributed by atoms with van der Waals surface area (Å²) in [6.07, 6.45) is 4.78. The molecule has 1 saturated heterocycles. The fourth-order valence-corrected chi connectivity index (χ4v) is 2.47. The van der Waals surface area contributed by atoms with Gasteiger partial charge in [-0.1, -0.05) is 19.1 Å². The number of benzene rings is 1. The molecule has 2 unspecified atom stereocenters. The van der Waals surface area contributed by atoms with E-state index in [9.17, 15) is 4.39 Å². The SMILES string of the molecule is CCC(N)Cc1cccc(F)c1OCCC1CCCO1. The minimum absolute atomic E-state index is 0.0392. The van der Waals surface area contributed by atoms with Crippen LogP contribution in [0.4, 0.5) is 4.39 Å². The summed E-state index contributed by atoms with van der Waals surface area (Å²) >= 11 is 0. The van der Waals surface area contributed by atoms with E-state index >= 15 is 0 Å². The number of ether oxygens (including phenoxy) is 2. The van der Waals surface area contributed by atoms with Crippen LogP contribution < -0.4 is 10.5 Å². The van der Waals surface area contributed by atoms with E-state index in [-0.39, 0.29) is 18.0 Å². The molecule has 0 amide bonds. The molecule has 1 aliphatic heterocycles. The number of nitrogens with two attached hydrogens (primary N) is 1. The Labute approximate surface area is 120 Å². The molecule has 1 fully saturated rings. The maximum atomic E-state index is 13.9. The van der Waals surface area contributed by atoms with Crippen LogP contribution in [0.3, 0.4) is 0 Å². The second-order valence-electron chi connectivity index (χ2n) is 5.37. The quantitative estimate of drug-likeness (QED) is 0.835. The van der Waals surface area contributed by atoms with Gasteiger partial charge in [0.1, 0.15) is 0 Å². The second kappa shape index (κ2) is 7.60. The number of hydrogen-bond acceptors (Lipinski definition) is 3. The summed E-state index contributed by atoms with van der Waals surface area (Å²) in [5, 5.41) is 0. The molecule has 3 nitrogen and oxygen atoms in total. The third kappa shape index (κ3) is 4.18. The molecule has 2 rings (SSSR count). The molecule has 4 heteroatoms. The van der Waals surface area contributed by atoms with Gasteiger partial charge in [-0.15, -0.1) is 0 Å². The molecule has 1 aromatic rings. The molecule has 0 radical (unpaired) electrons. The molecular weight excluding hydrogens is 257 g/mol. The third-order valence-electron chi connectivity index (χ3n) is 3.77. The summed E-state index contributed by atoms with van der Waals surface area (Å²) in [5.74, 6) is 0.0486. The van der Waals surface area contributed by atoms with Gasteiger partial charge < -0.3 is 15.2 Å². The Balaban J connectivity index is 1.94. The van der Waals surface area contributed by atoms with E-state index in [1.165, 1.54) is 6.07 Å². The van der Waals surface area contributed by atoms with Gasteiger partial charge in [0.15, 0.2) is 11.6 Å². The van der Waals surface area contributed by atoms with Gasteiger partial charge in [0.25, 0.3) is 0 Å². The predicted octanol–water partition coefficient (Wildman–Crippen LogP) is 3.05. The van der Waals surface area contributed by atoms with Crippen molar-refractivity contribution in [3.8, 4) is 5.75 Å². The zero-order valence-corrected chi connectivity index (χ0v) is 12.1. The van der Waals surface area contributed by atoms with Crippen LogP contribution in [0.5, 0.6) is 5.75 Å². The molecule has 0 saturated carbocycles. The van der Waals surface area contributed by atoms with E-state index in [1.807, 2.05) is 13.0 Å². The molecule has 112 valence electrons. The van der Waals surface area contributed by atoms with Crippen LogP contribution in [0, 0.1) is 5.82 Å². The van der Waals surface area contributed by atoms with E-state index in [2.05, 4.69) is 0 Å². The van der Waals surface area contributed by atoms with E-state index < -0.39 is 0 Å². The number of halogens is 1. The first-order valence-electron chi connectivity index (χ1n) is 7.48. The van der Waals surface area contributed by atoms with Crippen molar-refractivity contribution in [3.05, 3.63) is 29.6 Å². The van der Waals surface area contributed by atoms with E-state index in [0.29, 0.717) is 18.8 Å². The molecule has 1 aliphatic rings. The number of para-hydroxylation sites is 1. The summed E-state index contributed by atoms with van der Waals surface area (Å²) in [4.78, 5) is 0. The van der Waals surface area contributed by atoms with Crippen molar-refractivity contribution in [2.45, 2.75) is 51.2 Å². The maximum Gasteiger partial charge on any atom is 0.165 e. The average molecular weight is 281 g/mol. The van der Waals surface area contributed by atoms with Gasteiger partial charge in [-0.25, -0.2) is 4.39 Å². The standard InChI is InChI=1S/C16H24FNO2/c1-2-13(18)11-12-5-3-7-15(17)16(12)20-10-8-14-6-4-9-19-14/h3,5,7,13-14H,2,4,6,8-11,18H2,1H3. The highest BCUT2D eigenvalue weighted by Gasteiger charge is 2.17. The van der Waals surface area contributed by atoms with Crippen molar-refractivity contribution in [1.29, 1.82) is 0 Å². The molecule has 0 aliphatic carbocycles. The minimum atomic E-state index is -0.307. The van der Waals surface area contributed by atoms with Gasteiger partial charge in [-0.3, -0.25) is 0 Å². The van der Waals surface area contributed by atoms with Crippen molar-refractivity contribution in [2.75, 3.05) is 13.2 Å². The van der Waals surface area contributed by atoms with Gasteiger partial charge in [0.05, 0.1) is 12.7 Å². The monoisotopic (exact) mass is 281 g/mol. The third-order valence-corrected chi connectivity index (χ3v) is 3.77. The zero-order chi connectivity index (χ0) is 14.4. The van der Waals surface area contributed by atoms with Crippen LogP contribution in [0.1, 0.15) is 38.2 Å². The van der Waals surface area contributed by atoms with Crippen LogP contribution in [-0.4, -0.2) is 25.4 Å².